The van der Waals surface area contributed by atoms with Crippen LogP contribution in [0.1, 0.15) is 16.2 Å². The Kier molecular flexibility index (Phi) is 2.59. The maximum Gasteiger partial charge on any atom is 0.234 e. The summed E-state index contributed by atoms with van der Waals surface area (Å²) in [5.41, 5.74) is -0.147. The van der Waals surface area contributed by atoms with Gasteiger partial charge in [0.2, 0.25) is 11.6 Å². The minimum atomic E-state index is -0.613. The molecule has 0 radical (unpaired) electrons. The molecular weight excluding hydrogens is 211 g/mol. The van der Waals surface area contributed by atoms with Crippen molar-refractivity contribution in [3.05, 3.63) is 53.9 Å². The van der Waals surface area contributed by atoms with Gasteiger partial charge < -0.3 is 5.11 Å². The maximum atomic E-state index is 12.9. The summed E-state index contributed by atoms with van der Waals surface area (Å²) in [6.07, 6.45) is 2.80. The zero-order valence-corrected chi connectivity index (χ0v) is 8.09. The molecule has 0 amide bonds. The van der Waals surface area contributed by atoms with Crippen LogP contribution in [0.2, 0.25) is 0 Å². The number of aromatic nitrogens is 2. The van der Waals surface area contributed by atoms with Crippen molar-refractivity contribution in [3.8, 4) is 5.75 Å². The highest BCUT2D eigenvalue weighted by Gasteiger charge is 2.16. The van der Waals surface area contributed by atoms with E-state index in [2.05, 4.69) is 9.97 Å². The fourth-order valence-corrected chi connectivity index (χ4v) is 1.23. The van der Waals surface area contributed by atoms with E-state index in [1.165, 1.54) is 12.4 Å². The van der Waals surface area contributed by atoms with Gasteiger partial charge in [-0.1, -0.05) is 0 Å². The predicted molar refractivity (Wildman–Crippen MR) is 53.5 cm³/mol. The van der Waals surface area contributed by atoms with Gasteiger partial charge in [0.05, 0.1) is 5.56 Å². The van der Waals surface area contributed by atoms with E-state index in [0.29, 0.717) is 0 Å². The average molecular weight is 218 g/mol. The summed E-state index contributed by atoms with van der Waals surface area (Å²) < 4.78 is 12.9. The number of halogens is 1. The molecule has 5 heteroatoms. The molecule has 0 saturated carbocycles. The highest BCUT2D eigenvalue weighted by molar-refractivity contribution is 6.08. The molecule has 0 aliphatic heterocycles. The first-order valence-corrected chi connectivity index (χ1v) is 4.49. The van der Waals surface area contributed by atoms with Crippen LogP contribution in [0.4, 0.5) is 4.39 Å². The molecule has 2 aromatic rings. The summed E-state index contributed by atoms with van der Waals surface area (Å²) in [5, 5.41) is 9.42. The van der Waals surface area contributed by atoms with Gasteiger partial charge in [0.15, 0.2) is 0 Å². The zero-order valence-electron chi connectivity index (χ0n) is 8.09. The van der Waals surface area contributed by atoms with Gasteiger partial charge >= 0.3 is 0 Å². The molecule has 0 unspecified atom stereocenters. The third-order valence-electron chi connectivity index (χ3n) is 1.97. The maximum absolute atomic E-state index is 12.9. The van der Waals surface area contributed by atoms with Crippen LogP contribution in [-0.4, -0.2) is 20.9 Å². The van der Waals surface area contributed by atoms with Gasteiger partial charge in [0.1, 0.15) is 11.6 Å². The van der Waals surface area contributed by atoms with Crippen LogP contribution in [0, 0.1) is 5.82 Å². The number of nitrogens with zero attached hydrogens (tertiary/aromatic N) is 2. The van der Waals surface area contributed by atoms with E-state index >= 15 is 0 Å². The lowest BCUT2D eigenvalue weighted by molar-refractivity contribution is 0.102. The van der Waals surface area contributed by atoms with Gasteiger partial charge in [0.25, 0.3) is 0 Å². The standard InChI is InChI=1S/C11H7FN2O2/c12-7-2-3-9(15)8(6-7)10(16)11-13-4-1-5-14-11/h1-6,15H. The summed E-state index contributed by atoms with van der Waals surface area (Å²) in [4.78, 5) is 19.2. The van der Waals surface area contributed by atoms with Crippen molar-refractivity contribution >= 4 is 5.78 Å². The molecule has 0 saturated heterocycles. The number of rotatable bonds is 2. The lowest BCUT2D eigenvalue weighted by Crippen LogP contribution is -2.06. The van der Waals surface area contributed by atoms with E-state index in [0.717, 1.165) is 18.2 Å². The molecule has 1 N–H and O–H groups in total. The molecule has 4 nitrogen and oxygen atoms in total. The molecule has 1 heterocycles. The molecule has 0 bridgehead atoms. The van der Waals surface area contributed by atoms with E-state index in [1.54, 1.807) is 6.07 Å². The first kappa shape index (κ1) is 10.2. The van der Waals surface area contributed by atoms with Gasteiger partial charge in [-0.25, -0.2) is 14.4 Å². The number of aromatic hydroxyl groups is 1. The highest BCUT2D eigenvalue weighted by Crippen LogP contribution is 2.19. The SMILES string of the molecule is O=C(c1ncccn1)c1cc(F)ccc1O. The van der Waals surface area contributed by atoms with Gasteiger partial charge in [-0.05, 0) is 24.3 Å². The Bertz CT molecular complexity index is 529. The minimum absolute atomic E-state index is 0.0802. The Balaban J connectivity index is 2.46. The first-order chi connectivity index (χ1) is 7.68. The lowest BCUT2D eigenvalue weighted by atomic mass is 10.1. The van der Waals surface area contributed by atoms with E-state index < -0.39 is 11.6 Å². The van der Waals surface area contributed by atoms with Crippen LogP contribution >= 0.6 is 0 Å². The van der Waals surface area contributed by atoms with Crippen LogP contribution in [0.3, 0.4) is 0 Å². The normalized spacial score (nSPS) is 10.1. The van der Waals surface area contributed by atoms with Gasteiger partial charge in [-0.15, -0.1) is 0 Å². The van der Waals surface area contributed by atoms with Crippen LogP contribution in [-0.2, 0) is 0 Å². The third kappa shape index (κ3) is 1.88. The minimum Gasteiger partial charge on any atom is -0.507 e. The number of benzene rings is 1. The van der Waals surface area contributed by atoms with Crippen LogP contribution in [0.5, 0.6) is 5.75 Å². The Morgan fingerprint density at radius 2 is 1.94 bits per heavy atom. The second-order valence-electron chi connectivity index (χ2n) is 3.06. The van der Waals surface area contributed by atoms with E-state index in [9.17, 15) is 14.3 Å². The fraction of sp³-hybridized carbons (Fsp3) is 0. The summed E-state index contributed by atoms with van der Waals surface area (Å²) in [6, 6.07) is 4.69. The summed E-state index contributed by atoms with van der Waals surface area (Å²) in [6.45, 7) is 0. The summed E-state index contributed by atoms with van der Waals surface area (Å²) >= 11 is 0. The number of carbonyl (C=O) groups excluding carboxylic acids is 1. The summed E-state index contributed by atoms with van der Waals surface area (Å²) in [5.74, 6) is -1.59. The smallest absolute Gasteiger partial charge is 0.234 e. The number of hydrogen-bond acceptors (Lipinski definition) is 4. The Labute approximate surface area is 90.4 Å². The number of phenolic OH excluding ortho intramolecular Hbond substituents is 1. The summed E-state index contributed by atoms with van der Waals surface area (Å²) in [7, 11) is 0. The van der Waals surface area contributed by atoms with E-state index in [1.807, 2.05) is 0 Å². The molecule has 0 spiro atoms. The van der Waals surface area contributed by atoms with Crippen molar-refractivity contribution in [2.24, 2.45) is 0 Å². The molecule has 80 valence electrons. The van der Waals surface area contributed by atoms with Crippen molar-refractivity contribution in [2.45, 2.75) is 0 Å². The Hall–Kier alpha value is -2.30. The van der Waals surface area contributed by atoms with Gasteiger partial charge in [-0.3, -0.25) is 4.79 Å². The number of ketones is 1. The Morgan fingerprint density at radius 1 is 1.25 bits per heavy atom. The van der Waals surface area contributed by atoms with Crippen LogP contribution in [0.25, 0.3) is 0 Å². The van der Waals surface area contributed by atoms with Crippen molar-refractivity contribution < 1.29 is 14.3 Å². The van der Waals surface area contributed by atoms with Crippen molar-refractivity contribution in [1.29, 1.82) is 0 Å². The molecule has 0 aliphatic rings. The van der Waals surface area contributed by atoms with Crippen LogP contribution in [0.15, 0.2) is 36.7 Å². The fourth-order valence-electron chi connectivity index (χ4n) is 1.23. The molecule has 16 heavy (non-hydrogen) atoms. The molecule has 1 aromatic carbocycles. The number of hydrogen-bond donors (Lipinski definition) is 1. The molecular formula is C11H7FN2O2. The van der Waals surface area contributed by atoms with Crippen molar-refractivity contribution in [3.63, 3.8) is 0 Å². The third-order valence-corrected chi connectivity index (χ3v) is 1.97. The molecule has 0 atom stereocenters. The second kappa shape index (κ2) is 4.06. The topological polar surface area (TPSA) is 63.1 Å². The lowest BCUT2D eigenvalue weighted by Gasteiger charge is -2.02. The Morgan fingerprint density at radius 3 is 2.62 bits per heavy atom. The van der Waals surface area contributed by atoms with Gasteiger partial charge in [0, 0.05) is 12.4 Å². The molecule has 2 rings (SSSR count). The predicted octanol–water partition coefficient (Wildman–Crippen LogP) is 1.55. The van der Waals surface area contributed by atoms with E-state index in [4.69, 9.17) is 0 Å². The van der Waals surface area contributed by atoms with Crippen molar-refractivity contribution in [2.75, 3.05) is 0 Å². The molecule has 1 aromatic heterocycles. The molecule has 0 fully saturated rings. The quantitative estimate of drug-likeness (QED) is 0.777. The second-order valence-corrected chi connectivity index (χ2v) is 3.06. The largest absolute Gasteiger partial charge is 0.507 e. The van der Waals surface area contributed by atoms with Gasteiger partial charge in [-0.2, -0.15) is 0 Å². The van der Waals surface area contributed by atoms with Crippen molar-refractivity contribution in [1.82, 2.24) is 9.97 Å². The zero-order chi connectivity index (χ0) is 11.5. The van der Waals surface area contributed by atoms with E-state index in [-0.39, 0.29) is 17.1 Å². The number of carbonyl (C=O) groups is 1. The number of phenols is 1. The van der Waals surface area contributed by atoms with Crippen LogP contribution < -0.4 is 0 Å². The first-order valence-electron chi connectivity index (χ1n) is 4.49. The molecule has 0 aliphatic carbocycles. The average Bonchev–Trinajstić information content (AvgIpc) is 2.32. The highest BCUT2D eigenvalue weighted by atomic mass is 19.1. The monoisotopic (exact) mass is 218 g/mol.